The van der Waals surface area contributed by atoms with E-state index in [0.29, 0.717) is 0 Å². The van der Waals surface area contributed by atoms with E-state index < -0.39 is 0 Å². The summed E-state index contributed by atoms with van der Waals surface area (Å²) in [6.45, 7) is 0. The molecular formula is C8H6BrNS2. The third-order valence-electron chi connectivity index (χ3n) is 1.64. The molecule has 0 saturated heterocycles. The first-order chi connectivity index (χ1) is 5.79. The van der Waals surface area contributed by atoms with E-state index in [1.807, 2.05) is 0 Å². The van der Waals surface area contributed by atoms with Gasteiger partial charge in [-0.05, 0) is 29.9 Å². The van der Waals surface area contributed by atoms with Gasteiger partial charge in [-0.1, -0.05) is 22.0 Å². The lowest BCUT2D eigenvalue weighted by Gasteiger charge is -1.93. The van der Waals surface area contributed by atoms with Gasteiger partial charge in [0.05, 0.1) is 10.2 Å². The number of benzene rings is 1. The SMILES string of the molecule is S=c1[nH]c2ccc(CBr)cc2s1. The monoisotopic (exact) mass is 259 g/mol. The second kappa shape index (κ2) is 3.28. The molecule has 62 valence electrons. The minimum absolute atomic E-state index is 0.844. The predicted octanol–water partition coefficient (Wildman–Crippen LogP) is 3.85. The minimum Gasteiger partial charge on any atom is -0.337 e. The quantitative estimate of drug-likeness (QED) is 0.608. The van der Waals surface area contributed by atoms with E-state index in [0.717, 1.165) is 14.8 Å². The fraction of sp³-hybridized carbons (Fsp3) is 0.125. The van der Waals surface area contributed by atoms with Gasteiger partial charge in [-0.25, -0.2) is 0 Å². The van der Waals surface area contributed by atoms with Crippen LogP contribution in [0.25, 0.3) is 10.2 Å². The van der Waals surface area contributed by atoms with Gasteiger partial charge in [-0.15, -0.1) is 11.3 Å². The molecule has 0 radical (unpaired) electrons. The number of halogens is 1. The van der Waals surface area contributed by atoms with Crippen LogP contribution in [0.15, 0.2) is 18.2 Å². The van der Waals surface area contributed by atoms with Crippen LogP contribution in [-0.2, 0) is 5.33 Å². The van der Waals surface area contributed by atoms with E-state index in [9.17, 15) is 0 Å². The largest absolute Gasteiger partial charge is 0.337 e. The number of H-pyrrole nitrogens is 1. The Balaban J connectivity index is 2.74. The van der Waals surface area contributed by atoms with Crippen molar-refractivity contribution in [2.45, 2.75) is 5.33 Å². The van der Waals surface area contributed by atoms with Crippen molar-refractivity contribution in [3.63, 3.8) is 0 Å². The van der Waals surface area contributed by atoms with Crippen LogP contribution >= 0.6 is 39.5 Å². The lowest BCUT2D eigenvalue weighted by atomic mass is 10.2. The minimum atomic E-state index is 0.844. The van der Waals surface area contributed by atoms with Crippen LogP contribution in [0, 0.1) is 3.95 Å². The fourth-order valence-corrected chi connectivity index (χ4v) is 2.60. The number of nitrogens with one attached hydrogen (secondary N) is 1. The number of aromatic amines is 1. The highest BCUT2D eigenvalue weighted by Crippen LogP contribution is 2.21. The summed E-state index contributed by atoms with van der Waals surface area (Å²) in [5.74, 6) is 0. The van der Waals surface area contributed by atoms with Crippen LogP contribution in [0.5, 0.6) is 0 Å². The Morgan fingerprint density at radius 1 is 1.50 bits per heavy atom. The number of alkyl halides is 1. The maximum atomic E-state index is 5.04. The first-order valence-corrected chi connectivity index (χ1v) is 5.82. The Labute approximate surface area is 87.6 Å². The number of hydrogen-bond donors (Lipinski definition) is 1. The average Bonchev–Trinajstić information content (AvgIpc) is 2.43. The van der Waals surface area contributed by atoms with Crippen LogP contribution in [0.4, 0.5) is 0 Å². The van der Waals surface area contributed by atoms with E-state index in [-0.39, 0.29) is 0 Å². The molecule has 1 nitrogen and oxygen atoms in total. The molecule has 0 aliphatic heterocycles. The van der Waals surface area contributed by atoms with Gasteiger partial charge in [0.2, 0.25) is 0 Å². The molecule has 1 aromatic heterocycles. The van der Waals surface area contributed by atoms with Crippen molar-refractivity contribution >= 4 is 49.7 Å². The Hall–Kier alpha value is -0.190. The first kappa shape index (κ1) is 8.41. The topological polar surface area (TPSA) is 15.8 Å². The van der Waals surface area contributed by atoms with Crippen LogP contribution in [0.3, 0.4) is 0 Å². The number of rotatable bonds is 1. The summed E-state index contributed by atoms with van der Waals surface area (Å²) in [6.07, 6.45) is 0. The van der Waals surface area contributed by atoms with Crippen LogP contribution in [0.2, 0.25) is 0 Å². The van der Waals surface area contributed by atoms with Crippen molar-refractivity contribution in [3.05, 3.63) is 27.7 Å². The molecule has 0 unspecified atom stereocenters. The first-order valence-electron chi connectivity index (χ1n) is 3.47. The summed E-state index contributed by atoms with van der Waals surface area (Å²) in [6, 6.07) is 6.31. The van der Waals surface area contributed by atoms with Crippen molar-refractivity contribution in [1.29, 1.82) is 0 Å². The molecular weight excluding hydrogens is 254 g/mol. The molecule has 0 saturated carbocycles. The Bertz CT molecular complexity index is 457. The van der Waals surface area contributed by atoms with E-state index in [1.165, 1.54) is 10.3 Å². The molecule has 1 aromatic carbocycles. The van der Waals surface area contributed by atoms with Gasteiger partial charge in [0.15, 0.2) is 3.95 Å². The summed E-state index contributed by atoms with van der Waals surface area (Å²) in [5, 5.41) is 0.896. The van der Waals surface area contributed by atoms with Gasteiger partial charge in [0.25, 0.3) is 0 Å². The van der Waals surface area contributed by atoms with Crippen molar-refractivity contribution in [1.82, 2.24) is 4.98 Å². The van der Waals surface area contributed by atoms with E-state index >= 15 is 0 Å². The highest BCUT2D eigenvalue weighted by atomic mass is 79.9. The number of aromatic nitrogens is 1. The maximum absolute atomic E-state index is 5.04. The summed E-state index contributed by atoms with van der Waals surface area (Å²) in [7, 11) is 0. The highest BCUT2D eigenvalue weighted by molar-refractivity contribution is 9.08. The molecule has 2 aromatic rings. The van der Waals surface area contributed by atoms with Crippen LogP contribution < -0.4 is 0 Å². The Kier molecular flexibility index (Phi) is 2.30. The number of fused-ring (bicyclic) bond motifs is 1. The van der Waals surface area contributed by atoms with Crippen molar-refractivity contribution in [2.75, 3.05) is 0 Å². The van der Waals surface area contributed by atoms with Gasteiger partial charge in [0, 0.05) is 5.33 Å². The maximum Gasteiger partial charge on any atom is 0.159 e. The van der Waals surface area contributed by atoms with Gasteiger partial charge >= 0.3 is 0 Å². The molecule has 0 fully saturated rings. The van der Waals surface area contributed by atoms with Gasteiger partial charge in [-0.3, -0.25) is 0 Å². The van der Waals surface area contributed by atoms with Crippen molar-refractivity contribution in [2.24, 2.45) is 0 Å². The third kappa shape index (κ3) is 1.46. The molecule has 1 N–H and O–H groups in total. The highest BCUT2D eigenvalue weighted by Gasteiger charge is 1.97. The number of hydrogen-bond acceptors (Lipinski definition) is 2. The standard InChI is InChI=1S/C8H6BrNS2/c9-4-5-1-2-6-7(3-5)12-8(11)10-6/h1-3H,4H2,(H,10,11). The number of thiazole rings is 1. The molecule has 1 heterocycles. The van der Waals surface area contributed by atoms with E-state index in [2.05, 4.69) is 39.1 Å². The smallest absolute Gasteiger partial charge is 0.159 e. The average molecular weight is 260 g/mol. The third-order valence-corrected chi connectivity index (χ3v) is 3.48. The molecule has 0 amide bonds. The predicted molar refractivity (Wildman–Crippen MR) is 59.6 cm³/mol. The van der Waals surface area contributed by atoms with E-state index in [4.69, 9.17) is 12.2 Å². The van der Waals surface area contributed by atoms with Crippen LogP contribution in [0.1, 0.15) is 5.56 Å². The second-order valence-electron chi connectivity index (χ2n) is 2.48. The lowest BCUT2D eigenvalue weighted by molar-refractivity contribution is 1.43. The van der Waals surface area contributed by atoms with Gasteiger partial charge < -0.3 is 4.98 Å². The molecule has 2 rings (SSSR count). The summed E-state index contributed by atoms with van der Waals surface area (Å²) < 4.78 is 2.08. The fourth-order valence-electron chi connectivity index (χ4n) is 1.07. The zero-order valence-electron chi connectivity index (χ0n) is 6.13. The molecule has 0 aliphatic rings. The second-order valence-corrected chi connectivity index (χ2v) is 4.76. The summed E-state index contributed by atoms with van der Waals surface area (Å²) in [5.41, 5.74) is 2.42. The zero-order valence-corrected chi connectivity index (χ0v) is 9.35. The molecule has 4 heteroatoms. The Morgan fingerprint density at radius 2 is 2.33 bits per heavy atom. The zero-order chi connectivity index (χ0) is 8.55. The summed E-state index contributed by atoms with van der Waals surface area (Å²) >= 11 is 10.1. The van der Waals surface area contributed by atoms with Crippen LogP contribution in [-0.4, -0.2) is 4.98 Å². The van der Waals surface area contributed by atoms with Crippen molar-refractivity contribution < 1.29 is 0 Å². The molecule has 12 heavy (non-hydrogen) atoms. The van der Waals surface area contributed by atoms with E-state index in [1.54, 1.807) is 11.3 Å². The summed E-state index contributed by atoms with van der Waals surface area (Å²) in [4.78, 5) is 3.13. The van der Waals surface area contributed by atoms with Gasteiger partial charge in [0.1, 0.15) is 0 Å². The Morgan fingerprint density at radius 3 is 3.08 bits per heavy atom. The molecule has 0 atom stereocenters. The normalized spacial score (nSPS) is 10.8. The molecule has 0 bridgehead atoms. The molecule has 0 spiro atoms. The van der Waals surface area contributed by atoms with Crippen molar-refractivity contribution in [3.8, 4) is 0 Å². The van der Waals surface area contributed by atoms with Gasteiger partial charge in [-0.2, -0.15) is 0 Å². The lowest BCUT2D eigenvalue weighted by Crippen LogP contribution is -1.74. The molecule has 0 aliphatic carbocycles.